The summed E-state index contributed by atoms with van der Waals surface area (Å²) in [5.41, 5.74) is 1.89. The Morgan fingerprint density at radius 2 is 1.79 bits per heavy atom. The van der Waals surface area contributed by atoms with Crippen LogP contribution in [0.25, 0.3) is 0 Å². The molecule has 2 aromatic carbocycles. The Labute approximate surface area is 175 Å². The number of carbonyl (C=O) groups excluding carboxylic acids is 2. The number of aromatic nitrogens is 1. The van der Waals surface area contributed by atoms with Gasteiger partial charge in [-0.3, -0.25) is 14.9 Å². The summed E-state index contributed by atoms with van der Waals surface area (Å²) >= 11 is 4.76. The summed E-state index contributed by atoms with van der Waals surface area (Å²) in [5.74, 6) is -0.322. The largest absolute Gasteiger partial charge is 0.483 e. The lowest BCUT2D eigenvalue weighted by atomic mass is 10.2. The number of hydrogen-bond acceptors (Lipinski definition) is 5. The smallest absolute Gasteiger partial charge is 0.262 e. The SMILES string of the molecule is Cc1nc(NC(=O)c2ccccc2OCC(=O)Nc2ccc(Br)cc2)sc1C. The maximum Gasteiger partial charge on any atom is 0.262 e. The van der Waals surface area contributed by atoms with Crippen molar-refractivity contribution in [3.05, 3.63) is 69.1 Å². The molecule has 0 fully saturated rings. The number of nitrogens with one attached hydrogen (secondary N) is 2. The third-order valence-corrected chi connectivity index (χ3v) is 5.38. The van der Waals surface area contributed by atoms with Gasteiger partial charge in [0.05, 0.1) is 11.3 Å². The zero-order valence-corrected chi connectivity index (χ0v) is 17.7. The summed E-state index contributed by atoms with van der Waals surface area (Å²) in [6.07, 6.45) is 0. The Kier molecular flexibility index (Phi) is 6.43. The molecule has 3 rings (SSSR count). The molecule has 0 aliphatic rings. The van der Waals surface area contributed by atoms with Crippen LogP contribution >= 0.6 is 27.3 Å². The van der Waals surface area contributed by atoms with Crippen LogP contribution in [0.4, 0.5) is 10.8 Å². The molecule has 2 amide bonds. The highest BCUT2D eigenvalue weighted by molar-refractivity contribution is 9.10. The van der Waals surface area contributed by atoms with E-state index >= 15 is 0 Å². The van der Waals surface area contributed by atoms with Crippen LogP contribution in [0, 0.1) is 13.8 Å². The lowest BCUT2D eigenvalue weighted by molar-refractivity contribution is -0.118. The molecule has 2 N–H and O–H groups in total. The van der Waals surface area contributed by atoms with Crippen LogP contribution in [0.1, 0.15) is 20.9 Å². The first-order chi connectivity index (χ1) is 13.4. The minimum absolute atomic E-state index is 0.212. The number of ether oxygens (including phenoxy) is 1. The molecule has 1 aromatic heterocycles. The number of benzene rings is 2. The average Bonchev–Trinajstić information content (AvgIpc) is 2.99. The van der Waals surface area contributed by atoms with Crippen LogP contribution in [-0.2, 0) is 4.79 Å². The maximum atomic E-state index is 12.6. The number of amides is 2. The fourth-order valence-electron chi connectivity index (χ4n) is 2.34. The van der Waals surface area contributed by atoms with E-state index in [2.05, 4.69) is 31.5 Å². The molecule has 0 saturated carbocycles. The van der Waals surface area contributed by atoms with E-state index in [4.69, 9.17) is 4.74 Å². The molecular weight excluding hydrogens is 442 g/mol. The number of carbonyl (C=O) groups is 2. The van der Waals surface area contributed by atoms with Gasteiger partial charge in [-0.05, 0) is 50.2 Å². The number of hydrogen-bond donors (Lipinski definition) is 2. The minimum Gasteiger partial charge on any atom is -0.483 e. The van der Waals surface area contributed by atoms with Gasteiger partial charge in [0, 0.05) is 15.0 Å². The van der Waals surface area contributed by atoms with Crippen LogP contribution in [0.5, 0.6) is 5.75 Å². The second-order valence-electron chi connectivity index (χ2n) is 5.95. The van der Waals surface area contributed by atoms with Crippen LogP contribution < -0.4 is 15.4 Å². The first-order valence-electron chi connectivity index (χ1n) is 8.45. The molecule has 28 heavy (non-hydrogen) atoms. The normalized spacial score (nSPS) is 10.4. The molecule has 1 heterocycles. The third kappa shape index (κ3) is 5.17. The number of nitrogens with zero attached hydrogens (tertiary/aromatic N) is 1. The zero-order valence-electron chi connectivity index (χ0n) is 15.3. The van der Waals surface area contributed by atoms with Crippen LogP contribution in [0.15, 0.2) is 53.0 Å². The number of rotatable bonds is 6. The first kappa shape index (κ1) is 20.0. The fourth-order valence-corrected chi connectivity index (χ4v) is 3.42. The molecule has 0 atom stereocenters. The third-order valence-electron chi connectivity index (χ3n) is 3.87. The molecule has 6 nitrogen and oxygen atoms in total. The molecule has 144 valence electrons. The summed E-state index contributed by atoms with van der Waals surface area (Å²) in [5, 5.41) is 6.05. The van der Waals surface area contributed by atoms with Gasteiger partial charge in [-0.1, -0.05) is 28.1 Å². The van der Waals surface area contributed by atoms with Gasteiger partial charge < -0.3 is 10.1 Å². The molecule has 0 bridgehead atoms. The highest BCUT2D eigenvalue weighted by Gasteiger charge is 2.15. The Morgan fingerprint density at radius 3 is 2.46 bits per heavy atom. The van der Waals surface area contributed by atoms with E-state index in [0.29, 0.717) is 22.1 Å². The van der Waals surface area contributed by atoms with Gasteiger partial charge in [-0.2, -0.15) is 0 Å². The van der Waals surface area contributed by atoms with E-state index in [1.54, 1.807) is 36.4 Å². The molecule has 0 radical (unpaired) electrons. The summed E-state index contributed by atoms with van der Waals surface area (Å²) in [7, 11) is 0. The number of thiazole rings is 1. The monoisotopic (exact) mass is 459 g/mol. The Bertz CT molecular complexity index is 983. The predicted molar refractivity (Wildman–Crippen MR) is 114 cm³/mol. The standard InChI is InChI=1S/C20H18BrN3O3S/c1-12-13(2)28-20(22-12)24-19(26)16-5-3-4-6-17(16)27-11-18(25)23-15-9-7-14(21)8-10-15/h3-10H,11H2,1-2H3,(H,23,25)(H,22,24,26). The van der Waals surface area contributed by atoms with E-state index in [1.807, 2.05) is 26.0 Å². The van der Waals surface area contributed by atoms with E-state index in [0.717, 1.165) is 15.0 Å². The summed E-state index contributed by atoms with van der Waals surface area (Å²) in [6.45, 7) is 3.63. The number of anilines is 2. The highest BCUT2D eigenvalue weighted by Crippen LogP contribution is 2.24. The molecule has 0 aliphatic heterocycles. The number of aryl methyl sites for hydroxylation is 2. The highest BCUT2D eigenvalue weighted by atomic mass is 79.9. The number of halogens is 1. The van der Waals surface area contributed by atoms with E-state index in [9.17, 15) is 9.59 Å². The summed E-state index contributed by atoms with van der Waals surface area (Å²) < 4.78 is 6.51. The van der Waals surface area contributed by atoms with Crippen LogP contribution in [0.3, 0.4) is 0 Å². The van der Waals surface area contributed by atoms with Crippen molar-refractivity contribution in [1.29, 1.82) is 0 Å². The van der Waals surface area contributed by atoms with E-state index in [1.165, 1.54) is 11.3 Å². The van der Waals surface area contributed by atoms with Crippen molar-refractivity contribution in [2.45, 2.75) is 13.8 Å². The van der Waals surface area contributed by atoms with Crippen molar-refractivity contribution in [3.63, 3.8) is 0 Å². The maximum absolute atomic E-state index is 12.6. The van der Waals surface area contributed by atoms with Crippen molar-refractivity contribution >= 4 is 49.9 Å². The van der Waals surface area contributed by atoms with Crippen molar-refractivity contribution in [2.75, 3.05) is 17.2 Å². The van der Waals surface area contributed by atoms with Crippen molar-refractivity contribution in [2.24, 2.45) is 0 Å². The van der Waals surface area contributed by atoms with Gasteiger partial charge in [0.2, 0.25) is 0 Å². The average molecular weight is 460 g/mol. The van der Waals surface area contributed by atoms with Gasteiger partial charge in [-0.25, -0.2) is 4.98 Å². The Balaban J connectivity index is 1.63. The second-order valence-corrected chi connectivity index (χ2v) is 8.07. The molecular formula is C20H18BrN3O3S. The lowest BCUT2D eigenvalue weighted by Crippen LogP contribution is -2.21. The van der Waals surface area contributed by atoms with Gasteiger partial charge >= 0.3 is 0 Å². The molecule has 0 unspecified atom stereocenters. The summed E-state index contributed by atoms with van der Waals surface area (Å²) in [6, 6.07) is 14.0. The molecule has 0 aliphatic carbocycles. The second kappa shape index (κ2) is 8.99. The first-order valence-corrected chi connectivity index (χ1v) is 10.1. The lowest BCUT2D eigenvalue weighted by Gasteiger charge is -2.11. The fraction of sp³-hybridized carbons (Fsp3) is 0.150. The Hall–Kier alpha value is -2.71. The van der Waals surface area contributed by atoms with E-state index in [-0.39, 0.29) is 18.4 Å². The number of para-hydroxylation sites is 1. The minimum atomic E-state index is -0.335. The van der Waals surface area contributed by atoms with Crippen LogP contribution in [-0.4, -0.2) is 23.4 Å². The van der Waals surface area contributed by atoms with Crippen molar-refractivity contribution in [1.82, 2.24) is 4.98 Å². The van der Waals surface area contributed by atoms with Gasteiger partial charge in [-0.15, -0.1) is 11.3 Å². The van der Waals surface area contributed by atoms with Gasteiger partial charge in [0.1, 0.15) is 5.75 Å². The predicted octanol–water partition coefficient (Wildman–Crippen LogP) is 4.79. The molecule has 0 saturated heterocycles. The van der Waals surface area contributed by atoms with Crippen molar-refractivity contribution < 1.29 is 14.3 Å². The van der Waals surface area contributed by atoms with Crippen LogP contribution in [0.2, 0.25) is 0 Å². The van der Waals surface area contributed by atoms with Gasteiger partial charge in [0.25, 0.3) is 11.8 Å². The topological polar surface area (TPSA) is 80.3 Å². The zero-order chi connectivity index (χ0) is 20.1. The van der Waals surface area contributed by atoms with E-state index < -0.39 is 0 Å². The molecule has 3 aromatic rings. The van der Waals surface area contributed by atoms with Gasteiger partial charge in [0.15, 0.2) is 11.7 Å². The molecule has 0 spiro atoms. The Morgan fingerprint density at radius 1 is 1.07 bits per heavy atom. The molecule has 8 heteroatoms. The van der Waals surface area contributed by atoms with Crippen molar-refractivity contribution in [3.8, 4) is 5.75 Å². The quantitative estimate of drug-likeness (QED) is 0.554. The summed E-state index contributed by atoms with van der Waals surface area (Å²) in [4.78, 5) is 30.1.